The second-order valence-corrected chi connectivity index (χ2v) is 6.60. The maximum absolute atomic E-state index is 6.29. The molecule has 0 saturated heterocycles. The lowest BCUT2D eigenvalue weighted by atomic mass is 9.88. The Bertz CT molecular complexity index is 443. The predicted molar refractivity (Wildman–Crippen MR) is 89.7 cm³/mol. The monoisotopic (exact) mass is 289 g/mol. The van der Waals surface area contributed by atoms with E-state index in [-0.39, 0.29) is 0 Å². The van der Waals surface area contributed by atoms with Crippen LogP contribution in [0.3, 0.4) is 0 Å². The summed E-state index contributed by atoms with van der Waals surface area (Å²) in [6.45, 7) is 10.6. The Balaban J connectivity index is 2.01. The number of benzene rings is 1. The van der Waals surface area contributed by atoms with Crippen LogP contribution in [0.25, 0.3) is 0 Å². The fourth-order valence-corrected chi connectivity index (χ4v) is 3.47. The van der Waals surface area contributed by atoms with Crippen LogP contribution in [-0.2, 0) is 4.74 Å². The number of nitrogens with one attached hydrogen (secondary N) is 1. The fraction of sp³-hybridized carbons (Fsp3) is 0.684. The molecule has 1 N–H and O–H groups in total. The van der Waals surface area contributed by atoms with Crippen LogP contribution in [0.15, 0.2) is 18.2 Å². The molecule has 1 fully saturated rings. The number of likely N-dealkylation sites (N-methyl/N-ethyl adjacent to an activating group) is 1. The maximum Gasteiger partial charge on any atom is 0.0665 e. The van der Waals surface area contributed by atoms with Crippen molar-refractivity contribution in [3.8, 4) is 0 Å². The molecule has 1 aliphatic rings. The molecule has 2 heteroatoms. The summed E-state index contributed by atoms with van der Waals surface area (Å²) in [5.74, 6) is 0.708. The van der Waals surface area contributed by atoms with E-state index in [1.807, 2.05) is 0 Å². The van der Waals surface area contributed by atoms with Crippen molar-refractivity contribution in [1.29, 1.82) is 0 Å². The topological polar surface area (TPSA) is 21.3 Å². The Labute approximate surface area is 130 Å². The second kappa shape index (κ2) is 7.95. The van der Waals surface area contributed by atoms with Crippen LogP contribution in [-0.4, -0.2) is 19.3 Å². The summed E-state index contributed by atoms with van der Waals surface area (Å²) >= 11 is 0. The Morgan fingerprint density at radius 1 is 1.24 bits per heavy atom. The van der Waals surface area contributed by atoms with Crippen LogP contribution >= 0.6 is 0 Å². The van der Waals surface area contributed by atoms with E-state index in [9.17, 15) is 0 Å². The molecule has 3 unspecified atom stereocenters. The summed E-state index contributed by atoms with van der Waals surface area (Å²) < 4.78 is 6.29. The number of hydrogen-bond acceptors (Lipinski definition) is 2. The van der Waals surface area contributed by atoms with Crippen LogP contribution < -0.4 is 5.32 Å². The zero-order valence-corrected chi connectivity index (χ0v) is 14.1. The lowest BCUT2D eigenvalue weighted by Gasteiger charge is -2.31. The Kier molecular flexibility index (Phi) is 6.25. The van der Waals surface area contributed by atoms with Gasteiger partial charge in [-0.3, -0.25) is 0 Å². The van der Waals surface area contributed by atoms with Gasteiger partial charge >= 0.3 is 0 Å². The van der Waals surface area contributed by atoms with Gasteiger partial charge in [0.05, 0.1) is 18.8 Å². The minimum atomic E-state index is 0.310. The maximum atomic E-state index is 6.29. The summed E-state index contributed by atoms with van der Waals surface area (Å²) in [5, 5.41) is 3.59. The Morgan fingerprint density at radius 3 is 2.67 bits per heavy atom. The Hall–Kier alpha value is -0.860. The minimum absolute atomic E-state index is 0.310. The van der Waals surface area contributed by atoms with Crippen LogP contribution in [0.5, 0.6) is 0 Å². The lowest BCUT2D eigenvalue weighted by Crippen LogP contribution is -2.32. The summed E-state index contributed by atoms with van der Waals surface area (Å²) in [4.78, 5) is 0. The fourth-order valence-electron chi connectivity index (χ4n) is 3.47. The van der Waals surface area contributed by atoms with Gasteiger partial charge in [-0.05, 0) is 50.3 Å². The molecule has 0 amide bonds. The van der Waals surface area contributed by atoms with Crippen molar-refractivity contribution in [2.75, 3.05) is 13.2 Å². The van der Waals surface area contributed by atoms with Gasteiger partial charge in [-0.15, -0.1) is 0 Å². The van der Waals surface area contributed by atoms with Crippen LogP contribution in [0.4, 0.5) is 0 Å². The van der Waals surface area contributed by atoms with E-state index in [4.69, 9.17) is 4.74 Å². The van der Waals surface area contributed by atoms with E-state index in [0.717, 1.165) is 13.2 Å². The largest absolute Gasteiger partial charge is 0.376 e. The highest BCUT2D eigenvalue weighted by molar-refractivity contribution is 5.32. The van der Waals surface area contributed by atoms with E-state index >= 15 is 0 Å². The van der Waals surface area contributed by atoms with Crippen molar-refractivity contribution in [3.05, 3.63) is 34.9 Å². The second-order valence-electron chi connectivity index (χ2n) is 6.60. The minimum Gasteiger partial charge on any atom is -0.376 e. The summed E-state index contributed by atoms with van der Waals surface area (Å²) in [7, 11) is 0. The van der Waals surface area contributed by atoms with Crippen molar-refractivity contribution in [2.45, 2.75) is 65.5 Å². The lowest BCUT2D eigenvalue weighted by molar-refractivity contribution is -0.0152. The SMILES string of the molecule is CCNC(COC1CCCCC1C)c1ccc(C)cc1C. The summed E-state index contributed by atoms with van der Waals surface area (Å²) in [5.41, 5.74) is 4.07. The number of ether oxygens (including phenoxy) is 1. The average Bonchev–Trinajstić information content (AvgIpc) is 2.45. The highest BCUT2D eigenvalue weighted by Gasteiger charge is 2.23. The Morgan fingerprint density at radius 2 is 2.00 bits per heavy atom. The average molecular weight is 289 g/mol. The summed E-state index contributed by atoms with van der Waals surface area (Å²) in [6, 6.07) is 7.04. The molecule has 1 aromatic rings. The molecule has 0 spiro atoms. The molecule has 0 bridgehead atoms. The first-order valence-electron chi connectivity index (χ1n) is 8.54. The first kappa shape index (κ1) is 16.5. The van der Waals surface area contributed by atoms with Gasteiger partial charge < -0.3 is 10.1 Å². The molecule has 1 aromatic carbocycles. The molecule has 1 saturated carbocycles. The molecule has 0 aliphatic heterocycles. The first-order valence-corrected chi connectivity index (χ1v) is 8.54. The molecular formula is C19H31NO. The first-order chi connectivity index (χ1) is 10.1. The highest BCUT2D eigenvalue weighted by Crippen LogP contribution is 2.28. The highest BCUT2D eigenvalue weighted by atomic mass is 16.5. The van der Waals surface area contributed by atoms with E-state index in [1.54, 1.807) is 0 Å². The van der Waals surface area contributed by atoms with Crippen molar-refractivity contribution in [2.24, 2.45) is 5.92 Å². The van der Waals surface area contributed by atoms with Gasteiger partial charge in [-0.2, -0.15) is 0 Å². The normalized spacial score (nSPS) is 24.0. The summed E-state index contributed by atoms with van der Waals surface area (Å²) in [6.07, 6.45) is 5.69. The van der Waals surface area contributed by atoms with Crippen LogP contribution in [0, 0.1) is 19.8 Å². The van der Waals surface area contributed by atoms with E-state index < -0.39 is 0 Å². The molecule has 2 rings (SSSR count). The number of hydrogen-bond donors (Lipinski definition) is 1. The molecule has 118 valence electrons. The van der Waals surface area contributed by atoms with E-state index in [2.05, 4.69) is 51.2 Å². The van der Waals surface area contributed by atoms with Crippen molar-refractivity contribution in [1.82, 2.24) is 5.32 Å². The third-order valence-corrected chi connectivity index (χ3v) is 4.76. The van der Waals surface area contributed by atoms with Gasteiger partial charge in [-0.25, -0.2) is 0 Å². The standard InChI is InChI=1S/C19H31NO/c1-5-20-18(17-11-10-14(2)12-16(17)4)13-21-19-9-7-6-8-15(19)3/h10-12,15,18-20H,5-9,13H2,1-4H3. The van der Waals surface area contributed by atoms with Crippen molar-refractivity contribution < 1.29 is 4.74 Å². The van der Waals surface area contributed by atoms with Gasteiger partial charge in [0, 0.05) is 0 Å². The zero-order valence-electron chi connectivity index (χ0n) is 14.1. The molecule has 3 atom stereocenters. The molecular weight excluding hydrogens is 258 g/mol. The van der Waals surface area contributed by atoms with Gasteiger partial charge in [0.15, 0.2) is 0 Å². The smallest absolute Gasteiger partial charge is 0.0665 e. The third-order valence-electron chi connectivity index (χ3n) is 4.76. The number of rotatable bonds is 6. The van der Waals surface area contributed by atoms with Gasteiger partial charge in [0.25, 0.3) is 0 Å². The van der Waals surface area contributed by atoms with Gasteiger partial charge in [0.1, 0.15) is 0 Å². The van der Waals surface area contributed by atoms with Crippen LogP contribution in [0.2, 0.25) is 0 Å². The molecule has 0 aromatic heterocycles. The van der Waals surface area contributed by atoms with Crippen molar-refractivity contribution >= 4 is 0 Å². The van der Waals surface area contributed by atoms with E-state index in [1.165, 1.54) is 42.4 Å². The van der Waals surface area contributed by atoms with E-state index in [0.29, 0.717) is 18.1 Å². The van der Waals surface area contributed by atoms with Gasteiger partial charge in [-0.1, -0.05) is 50.5 Å². The quantitative estimate of drug-likeness (QED) is 0.829. The van der Waals surface area contributed by atoms with Crippen LogP contribution in [0.1, 0.15) is 62.3 Å². The zero-order chi connectivity index (χ0) is 15.2. The molecule has 1 aliphatic carbocycles. The molecule has 0 radical (unpaired) electrons. The van der Waals surface area contributed by atoms with Gasteiger partial charge in [0.2, 0.25) is 0 Å². The third kappa shape index (κ3) is 4.55. The predicted octanol–water partition coefficient (Wildman–Crippen LogP) is 4.55. The molecule has 2 nitrogen and oxygen atoms in total. The van der Waals surface area contributed by atoms with Crippen molar-refractivity contribution in [3.63, 3.8) is 0 Å². The molecule has 0 heterocycles. The number of aryl methyl sites for hydroxylation is 2. The molecule has 21 heavy (non-hydrogen) atoms.